The number of aliphatic hydroxyl groups is 1. The molecule has 0 bridgehead atoms. The first-order valence-corrected chi connectivity index (χ1v) is 8.92. The maximum Gasteiger partial charge on any atom is 0.263 e. The third-order valence-corrected chi connectivity index (χ3v) is 6.53. The Balaban J connectivity index is 2.35. The number of rotatable bonds is 4. The topological polar surface area (TPSA) is 66.4 Å². The van der Waals surface area contributed by atoms with Crippen LogP contribution in [0.3, 0.4) is 0 Å². The van der Waals surface area contributed by atoms with E-state index in [0.29, 0.717) is 14.4 Å². The largest absolute Gasteiger partial charge is 0.391 e. The number of hydrogen-bond acceptors (Lipinski definition) is 4. The number of nitrogens with one attached hydrogen (secondary N) is 1. The summed E-state index contributed by atoms with van der Waals surface area (Å²) in [6, 6.07) is 6.86. The molecule has 0 spiro atoms. The van der Waals surface area contributed by atoms with Gasteiger partial charge in [-0.05, 0) is 59.1 Å². The van der Waals surface area contributed by atoms with E-state index in [0.717, 1.165) is 11.1 Å². The third-order valence-electron chi connectivity index (χ3n) is 2.91. The Morgan fingerprint density at radius 3 is 2.50 bits per heavy atom. The molecule has 0 aliphatic heterocycles. The Hall–Kier alpha value is -0.890. The molecular weight excluding hydrogens is 362 g/mol. The number of anilines is 1. The van der Waals surface area contributed by atoms with Gasteiger partial charge in [0.1, 0.15) is 4.90 Å². The molecule has 0 saturated carbocycles. The van der Waals surface area contributed by atoms with E-state index < -0.39 is 10.0 Å². The maximum atomic E-state index is 12.3. The second kappa shape index (κ2) is 5.85. The minimum Gasteiger partial charge on any atom is -0.391 e. The van der Waals surface area contributed by atoms with Crippen LogP contribution in [0.2, 0.25) is 0 Å². The molecule has 4 nitrogen and oxygen atoms in total. The van der Waals surface area contributed by atoms with Crippen molar-refractivity contribution >= 4 is 43.0 Å². The summed E-state index contributed by atoms with van der Waals surface area (Å²) in [5.74, 6) is 0. The average Bonchev–Trinajstić information content (AvgIpc) is 2.76. The number of aryl methyl sites for hydroxylation is 2. The number of thiophene rings is 1. The Bertz CT molecular complexity index is 738. The van der Waals surface area contributed by atoms with E-state index in [2.05, 4.69) is 20.7 Å². The van der Waals surface area contributed by atoms with Crippen molar-refractivity contribution in [1.82, 2.24) is 0 Å². The molecule has 1 aromatic carbocycles. The molecule has 0 aliphatic carbocycles. The quantitative estimate of drug-likeness (QED) is 0.859. The van der Waals surface area contributed by atoms with Gasteiger partial charge in [-0.15, -0.1) is 11.3 Å². The van der Waals surface area contributed by atoms with Crippen molar-refractivity contribution in [1.29, 1.82) is 0 Å². The summed E-state index contributed by atoms with van der Waals surface area (Å²) in [5, 5.41) is 9.07. The first kappa shape index (κ1) is 15.5. The molecule has 0 saturated heterocycles. The second-order valence-electron chi connectivity index (χ2n) is 4.41. The minimum atomic E-state index is -3.66. The molecule has 108 valence electrons. The lowest BCUT2D eigenvalue weighted by atomic mass is 10.1. The molecule has 0 radical (unpaired) electrons. The predicted octanol–water partition coefficient (Wildman–Crippen LogP) is 3.42. The summed E-state index contributed by atoms with van der Waals surface area (Å²) in [5.41, 5.74) is 2.65. The lowest BCUT2D eigenvalue weighted by molar-refractivity contribution is 0.285. The number of hydrogen-bond donors (Lipinski definition) is 2. The zero-order valence-corrected chi connectivity index (χ0v) is 14.2. The summed E-state index contributed by atoms with van der Waals surface area (Å²) in [6.07, 6.45) is 0. The van der Waals surface area contributed by atoms with Crippen LogP contribution in [-0.4, -0.2) is 13.5 Å². The molecule has 0 atom stereocenters. The lowest BCUT2D eigenvalue weighted by Gasteiger charge is -2.09. The Labute approximate surface area is 130 Å². The van der Waals surface area contributed by atoms with E-state index in [1.165, 1.54) is 17.4 Å². The van der Waals surface area contributed by atoms with Crippen LogP contribution < -0.4 is 4.72 Å². The average molecular weight is 376 g/mol. The van der Waals surface area contributed by atoms with Crippen molar-refractivity contribution < 1.29 is 13.5 Å². The molecule has 0 fully saturated rings. The molecule has 0 unspecified atom stereocenters. The number of sulfonamides is 1. The van der Waals surface area contributed by atoms with Crippen LogP contribution in [-0.2, 0) is 16.6 Å². The fraction of sp³-hybridized carbons (Fsp3) is 0.231. The van der Waals surface area contributed by atoms with Crippen LogP contribution in [0.1, 0.15) is 16.0 Å². The Kier molecular flexibility index (Phi) is 4.53. The number of halogens is 1. The van der Waals surface area contributed by atoms with E-state index >= 15 is 0 Å². The van der Waals surface area contributed by atoms with Crippen LogP contribution in [0.25, 0.3) is 0 Å². The van der Waals surface area contributed by atoms with Crippen molar-refractivity contribution in [3.63, 3.8) is 0 Å². The zero-order valence-electron chi connectivity index (χ0n) is 11.0. The highest BCUT2D eigenvalue weighted by Gasteiger charge is 2.21. The lowest BCUT2D eigenvalue weighted by Crippen LogP contribution is -2.12. The first-order chi connectivity index (χ1) is 9.33. The summed E-state index contributed by atoms with van der Waals surface area (Å²) in [7, 11) is -3.66. The van der Waals surface area contributed by atoms with Gasteiger partial charge in [0.05, 0.1) is 10.4 Å². The monoisotopic (exact) mass is 375 g/mol. The van der Waals surface area contributed by atoms with E-state index in [-0.39, 0.29) is 11.5 Å². The van der Waals surface area contributed by atoms with E-state index in [9.17, 15) is 8.42 Å². The standard InChI is InChI=1S/C13H14BrNO3S2/c1-8-3-4-10(5-9(8)2)15-20(17,18)12-6-11(7-16)19-13(12)14/h3-6,15-16H,7H2,1-2H3. The molecule has 2 aromatic rings. The Morgan fingerprint density at radius 2 is 1.95 bits per heavy atom. The molecule has 2 rings (SSSR count). The summed E-state index contributed by atoms with van der Waals surface area (Å²) in [6.45, 7) is 3.72. The van der Waals surface area contributed by atoms with Gasteiger partial charge < -0.3 is 5.11 Å². The second-order valence-corrected chi connectivity index (χ2v) is 8.52. The van der Waals surface area contributed by atoms with Crippen LogP contribution in [0.5, 0.6) is 0 Å². The van der Waals surface area contributed by atoms with Gasteiger partial charge in [-0.1, -0.05) is 6.07 Å². The maximum absolute atomic E-state index is 12.3. The SMILES string of the molecule is Cc1ccc(NS(=O)(=O)c2cc(CO)sc2Br)cc1C. The van der Waals surface area contributed by atoms with Gasteiger partial charge in [-0.2, -0.15) is 0 Å². The van der Waals surface area contributed by atoms with Crippen molar-refractivity contribution in [2.24, 2.45) is 0 Å². The van der Waals surface area contributed by atoms with Gasteiger partial charge in [0.2, 0.25) is 0 Å². The van der Waals surface area contributed by atoms with Crippen molar-refractivity contribution in [2.45, 2.75) is 25.3 Å². The minimum absolute atomic E-state index is 0.143. The van der Waals surface area contributed by atoms with Crippen LogP contribution in [0.4, 0.5) is 5.69 Å². The predicted molar refractivity (Wildman–Crippen MR) is 84.7 cm³/mol. The highest BCUT2D eigenvalue weighted by Crippen LogP contribution is 2.33. The fourth-order valence-electron chi connectivity index (χ4n) is 1.67. The summed E-state index contributed by atoms with van der Waals surface area (Å²) in [4.78, 5) is 0.738. The van der Waals surface area contributed by atoms with Crippen LogP contribution in [0.15, 0.2) is 32.9 Å². The van der Waals surface area contributed by atoms with E-state index in [1.54, 1.807) is 12.1 Å². The van der Waals surface area contributed by atoms with Gasteiger partial charge in [0, 0.05) is 10.6 Å². The molecule has 0 aliphatic rings. The highest BCUT2D eigenvalue weighted by molar-refractivity contribution is 9.11. The van der Waals surface area contributed by atoms with Crippen molar-refractivity contribution in [2.75, 3.05) is 4.72 Å². The fourth-order valence-corrected chi connectivity index (χ4v) is 5.27. The van der Waals surface area contributed by atoms with Crippen LogP contribution in [0, 0.1) is 13.8 Å². The smallest absolute Gasteiger partial charge is 0.263 e. The van der Waals surface area contributed by atoms with E-state index in [1.807, 2.05) is 19.9 Å². The van der Waals surface area contributed by atoms with Crippen LogP contribution >= 0.6 is 27.3 Å². The summed E-state index contributed by atoms with van der Waals surface area (Å²) < 4.78 is 27.7. The van der Waals surface area contributed by atoms with Gasteiger partial charge in [0.15, 0.2) is 0 Å². The molecule has 7 heteroatoms. The van der Waals surface area contributed by atoms with E-state index in [4.69, 9.17) is 5.11 Å². The number of benzene rings is 1. The summed E-state index contributed by atoms with van der Waals surface area (Å²) >= 11 is 4.43. The third kappa shape index (κ3) is 3.22. The van der Waals surface area contributed by atoms with Crippen molar-refractivity contribution in [3.05, 3.63) is 44.1 Å². The van der Waals surface area contributed by atoms with Crippen molar-refractivity contribution in [3.8, 4) is 0 Å². The first-order valence-electron chi connectivity index (χ1n) is 5.82. The molecule has 1 heterocycles. The molecular formula is C13H14BrNO3S2. The molecule has 20 heavy (non-hydrogen) atoms. The van der Waals surface area contributed by atoms with Gasteiger partial charge in [-0.25, -0.2) is 8.42 Å². The van der Waals surface area contributed by atoms with Gasteiger partial charge in [-0.3, -0.25) is 4.72 Å². The number of aliphatic hydroxyl groups excluding tert-OH is 1. The molecule has 0 amide bonds. The molecule has 2 N–H and O–H groups in total. The molecule has 1 aromatic heterocycles. The van der Waals surface area contributed by atoms with Gasteiger partial charge >= 0.3 is 0 Å². The Morgan fingerprint density at radius 1 is 1.25 bits per heavy atom. The van der Waals surface area contributed by atoms with Gasteiger partial charge in [0.25, 0.3) is 10.0 Å². The zero-order chi connectivity index (χ0) is 14.9. The normalized spacial score (nSPS) is 11.6. The highest BCUT2D eigenvalue weighted by atomic mass is 79.9.